The van der Waals surface area contributed by atoms with Gasteiger partial charge in [-0.25, -0.2) is 9.97 Å². The van der Waals surface area contributed by atoms with Crippen molar-refractivity contribution in [3.05, 3.63) is 46.1 Å². The minimum absolute atomic E-state index is 0.0620. The Balaban J connectivity index is 2.01. The third kappa shape index (κ3) is 3.37. The highest BCUT2D eigenvalue weighted by atomic mass is 32.2. The molecule has 2 heterocycles. The van der Waals surface area contributed by atoms with Crippen molar-refractivity contribution >= 4 is 39.0 Å². The summed E-state index contributed by atoms with van der Waals surface area (Å²) in [5.74, 6) is 0.796. The van der Waals surface area contributed by atoms with Gasteiger partial charge >= 0.3 is 0 Å². The Morgan fingerprint density at radius 1 is 1.38 bits per heavy atom. The largest absolute Gasteiger partial charge is 0.270 e. The number of hydrogen-bond donors (Lipinski definition) is 0. The zero-order valence-corrected chi connectivity index (χ0v) is 14.1. The van der Waals surface area contributed by atoms with Gasteiger partial charge < -0.3 is 0 Å². The predicted octanol–water partition coefficient (Wildman–Crippen LogP) is 4.66. The van der Waals surface area contributed by atoms with E-state index in [9.17, 15) is 10.1 Å². The van der Waals surface area contributed by atoms with Gasteiger partial charge in [-0.15, -0.1) is 23.1 Å². The standard InChI is InChI=1S/C16H12N4O2S2/c17-6-1-2-7-23-15-14-13(9-24-16(14)19-10-18-15)11-4-3-5-12(8-11)20(21)22/h3-5,8-10H,1-2,7H2. The fourth-order valence-electron chi connectivity index (χ4n) is 2.28. The molecule has 0 unspecified atom stereocenters. The molecule has 0 atom stereocenters. The van der Waals surface area contributed by atoms with E-state index in [4.69, 9.17) is 5.26 Å². The van der Waals surface area contributed by atoms with Crippen LogP contribution in [0.15, 0.2) is 41.0 Å². The second kappa shape index (κ2) is 7.38. The van der Waals surface area contributed by atoms with Gasteiger partial charge in [0.1, 0.15) is 16.2 Å². The summed E-state index contributed by atoms with van der Waals surface area (Å²) in [5, 5.41) is 23.4. The van der Waals surface area contributed by atoms with Gasteiger partial charge in [-0.3, -0.25) is 10.1 Å². The van der Waals surface area contributed by atoms with E-state index in [1.165, 1.54) is 23.7 Å². The van der Waals surface area contributed by atoms with E-state index in [-0.39, 0.29) is 5.69 Å². The summed E-state index contributed by atoms with van der Waals surface area (Å²) in [6.07, 6.45) is 2.84. The Hall–Kier alpha value is -2.50. The topological polar surface area (TPSA) is 92.7 Å². The molecule has 0 aliphatic rings. The fourth-order valence-corrected chi connectivity index (χ4v) is 4.21. The number of nitro benzene ring substituents is 1. The molecule has 3 aromatic rings. The first-order valence-corrected chi connectivity index (χ1v) is 9.04. The molecule has 8 heteroatoms. The number of nitrogens with zero attached hydrogens (tertiary/aromatic N) is 4. The van der Waals surface area contributed by atoms with Crippen molar-refractivity contribution in [3.63, 3.8) is 0 Å². The number of thioether (sulfide) groups is 1. The van der Waals surface area contributed by atoms with Crippen LogP contribution in [0.3, 0.4) is 0 Å². The maximum Gasteiger partial charge on any atom is 0.270 e. The molecule has 0 spiro atoms. The fraction of sp³-hybridized carbons (Fsp3) is 0.188. The molecule has 0 aliphatic heterocycles. The highest BCUT2D eigenvalue weighted by Crippen LogP contribution is 2.38. The lowest BCUT2D eigenvalue weighted by Gasteiger charge is -2.05. The summed E-state index contributed by atoms with van der Waals surface area (Å²) in [5.41, 5.74) is 1.75. The average molecular weight is 356 g/mol. The minimum Gasteiger partial charge on any atom is -0.258 e. The molecule has 0 N–H and O–H groups in total. The summed E-state index contributed by atoms with van der Waals surface area (Å²) >= 11 is 3.08. The number of rotatable bonds is 6. The number of aromatic nitrogens is 2. The van der Waals surface area contributed by atoms with E-state index >= 15 is 0 Å². The Bertz CT molecular complexity index is 933. The second-order valence-corrected chi connectivity index (χ2v) is 6.87. The molecule has 0 fully saturated rings. The highest BCUT2D eigenvalue weighted by Gasteiger charge is 2.15. The number of benzene rings is 1. The van der Waals surface area contributed by atoms with Gasteiger partial charge in [-0.05, 0) is 12.0 Å². The predicted molar refractivity (Wildman–Crippen MR) is 95.1 cm³/mol. The van der Waals surface area contributed by atoms with Crippen molar-refractivity contribution in [2.75, 3.05) is 5.75 Å². The number of non-ortho nitro benzene ring substituents is 1. The van der Waals surface area contributed by atoms with Gasteiger partial charge in [0.2, 0.25) is 0 Å². The molecular weight excluding hydrogens is 344 g/mol. The van der Waals surface area contributed by atoms with Crippen molar-refractivity contribution in [2.45, 2.75) is 17.9 Å². The first-order valence-electron chi connectivity index (χ1n) is 7.17. The lowest BCUT2D eigenvalue weighted by Crippen LogP contribution is -1.89. The van der Waals surface area contributed by atoms with E-state index < -0.39 is 4.92 Å². The van der Waals surface area contributed by atoms with Crippen LogP contribution in [-0.4, -0.2) is 20.6 Å². The summed E-state index contributed by atoms with van der Waals surface area (Å²) in [4.78, 5) is 20.1. The number of hydrogen-bond acceptors (Lipinski definition) is 7. The number of unbranched alkanes of at least 4 members (excludes halogenated alkanes) is 1. The van der Waals surface area contributed by atoms with E-state index in [0.717, 1.165) is 38.5 Å². The third-order valence-corrected chi connectivity index (χ3v) is 5.34. The van der Waals surface area contributed by atoms with Crippen LogP contribution in [0, 0.1) is 21.4 Å². The number of nitro groups is 1. The van der Waals surface area contributed by atoms with Crippen LogP contribution in [0.2, 0.25) is 0 Å². The number of nitriles is 1. The summed E-state index contributed by atoms with van der Waals surface area (Å²) in [7, 11) is 0. The first-order chi connectivity index (χ1) is 11.7. The number of thiophene rings is 1. The van der Waals surface area contributed by atoms with Crippen molar-refractivity contribution < 1.29 is 4.92 Å². The molecule has 0 saturated carbocycles. The van der Waals surface area contributed by atoms with Crippen LogP contribution in [0.4, 0.5) is 5.69 Å². The van der Waals surface area contributed by atoms with Crippen molar-refractivity contribution in [2.24, 2.45) is 0 Å². The van der Waals surface area contributed by atoms with E-state index in [2.05, 4.69) is 16.0 Å². The zero-order valence-electron chi connectivity index (χ0n) is 12.5. The quantitative estimate of drug-likeness (QED) is 0.210. The van der Waals surface area contributed by atoms with E-state index in [1.807, 2.05) is 11.4 Å². The van der Waals surface area contributed by atoms with Crippen LogP contribution in [0.1, 0.15) is 12.8 Å². The van der Waals surface area contributed by atoms with Gasteiger partial charge in [-0.1, -0.05) is 12.1 Å². The molecule has 2 aromatic heterocycles. The van der Waals surface area contributed by atoms with Crippen LogP contribution >= 0.6 is 23.1 Å². The average Bonchev–Trinajstić information content (AvgIpc) is 3.04. The lowest BCUT2D eigenvalue weighted by molar-refractivity contribution is -0.384. The van der Waals surface area contributed by atoms with Gasteiger partial charge in [0, 0.05) is 35.2 Å². The SMILES string of the molecule is N#CCCCSc1ncnc2scc(-c3cccc([N+](=O)[O-])c3)c12. The first kappa shape index (κ1) is 16.4. The maximum atomic E-state index is 11.0. The smallest absolute Gasteiger partial charge is 0.258 e. The van der Waals surface area contributed by atoms with Crippen molar-refractivity contribution in [3.8, 4) is 17.2 Å². The molecule has 1 aromatic carbocycles. The summed E-state index contributed by atoms with van der Waals surface area (Å²) in [6.45, 7) is 0. The summed E-state index contributed by atoms with van der Waals surface area (Å²) < 4.78 is 0. The third-order valence-electron chi connectivity index (χ3n) is 3.38. The van der Waals surface area contributed by atoms with Gasteiger partial charge in [-0.2, -0.15) is 5.26 Å². The van der Waals surface area contributed by atoms with Crippen LogP contribution in [-0.2, 0) is 0 Å². The van der Waals surface area contributed by atoms with Crippen molar-refractivity contribution in [1.29, 1.82) is 5.26 Å². The van der Waals surface area contributed by atoms with Gasteiger partial charge in [0.25, 0.3) is 5.69 Å². The highest BCUT2D eigenvalue weighted by molar-refractivity contribution is 7.99. The minimum atomic E-state index is -0.397. The molecule has 6 nitrogen and oxygen atoms in total. The second-order valence-electron chi connectivity index (χ2n) is 4.93. The van der Waals surface area contributed by atoms with Crippen LogP contribution in [0.5, 0.6) is 0 Å². The molecule has 3 rings (SSSR count). The van der Waals surface area contributed by atoms with Crippen molar-refractivity contribution in [1.82, 2.24) is 9.97 Å². The van der Waals surface area contributed by atoms with Gasteiger partial charge in [0.15, 0.2) is 0 Å². The molecule has 0 bridgehead atoms. The van der Waals surface area contributed by atoms with E-state index in [0.29, 0.717) is 6.42 Å². The lowest BCUT2D eigenvalue weighted by atomic mass is 10.1. The van der Waals surface area contributed by atoms with Crippen LogP contribution in [0.25, 0.3) is 21.3 Å². The molecule has 0 saturated heterocycles. The summed E-state index contributed by atoms with van der Waals surface area (Å²) in [6, 6.07) is 8.71. The van der Waals surface area contributed by atoms with Gasteiger partial charge in [0.05, 0.1) is 16.4 Å². The normalized spacial score (nSPS) is 10.6. The Labute approximate surface area is 146 Å². The Kier molecular flexibility index (Phi) is 5.03. The molecule has 0 radical (unpaired) electrons. The molecule has 24 heavy (non-hydrogen) atoms. The monoisotopic (exact) mass is 356 g/mol. The molecule has 0 aliphatic carbocycles. The maximum absolute atomic E-state index is 11.0. The Morgan fingerprint density at radius 2 is 2.25 bits per heavy atom. The zero-order chi connectivity index (χ0) is 16.9. The van der Waals surface area contributed by atoms with Crippen LogP contribution < -0.4 is 0 Å². The Morgan fingerprint density at radius 3 is 3.04 bits per heavy atom. The molecule has 0 amide bonds. The number of fused-ring (bicyclic) bond motifs is 1. The van der Waals surface area contributed by atoms with E-state index in [1.54, 1.807) is 23.9 Å². The molecule has 120 valence electrons. The molecular formula is C16H12N4O2S2.